The van der Waals surface area contributed by atoms with E-state index in [2.05, 4.69) is 6.92 Å². The molecular formula is C10H19NO3S. The van der Waals surface area contributed by atoms with E-state index in [0.29, 0.717) is 6.42 Å². The normalized spacial score (nSPS) is 10.0. The van der Waals surface area contributed by atoms with Crippen LogP contribution in [0.1, 0.15) is 26.2 Å². The molecule has 0 atom stereocenters. The minimum absolute atomic E-state index is 0.0959. The van der Waals surface area contributed by atoms with Crippen molar-refractivity contribution in [3.05, 3.63) is 0 Å². The van der Waals surface area contributed by atoms with E-state index in [1.807, 2.05) is 0 Å². The number of carbonyl (C=O) groups is 2. The zero-order valence-electron chi connectivity index (χ0n) is 9.36. The van der Waals surface area contributed by atoms with Gasteiger partial charge in [-0.3, -0.25) is 9.59 Å². The van der Waals surface area contributed by atoms with Gasteiger partial charge < -0.3 is 10.0 Å². The topological polar surface area (TPSA) is 57.6 Å². The molecule has 0 heterocycles. The van der Waals surface area contributed by atoms with Crippen LogP contribution in [0.15, 0.2) is 0 Å². The van der Waals surface area contributed by atoms with Crippen LogP contribution in [0.2, 0.25) is 0 Å². The van der Waals surface area contributed by atoms with Gasteiger partial charge in [0.05, 0.1) is 0 Å². The molecule has 0 aliphatic heterocycles. The van der Waals surface area contributed by atoms with E-state index in [9.17, 15) is 9.59 Å². The monoisotopic (exact) mass is 233 g/mol. The van der Waals surface area contributed by atoms with Gasteiger partial charge in [-0.05, 0) is 12.2 Å². The molecule has 0 unspecified atom stereocenters. The standard InChI is InChI=1S/C10H19NO3S/c1-3-4-6-15-7-5-9(12)11(2)8-10(13)14/h3-8H2,1-2H3,(H,13,14). The van der Waals surface area contributed by atoms with Gasteiger partial charge in [0, 0.05) is 19.2 Å². The Kier molecular flexibility index (Phi) is 8.18. The Balaban J connectivity index is 3.51. The SMILES string of the molecule is CCCCSCCC(=O)N(C)CC(=O)O. The number of aliphatic carboxylic acids is 1. The summed E-state index contributed by atoms with van der Waals surface area (Å²) in [4.78, 5) is 22.9. The number of carbonyl (C=O) groups excluding carboxylic acids is 1. The van der Waals surface area contributed by atoms with Crippen LogP contribution in [0.5, 0.6) is 0 Å². The van der Waals surface area contributed by atoms with Gasteiger partial charge >= 0.3 is 5.97 Å². The number of rotatable bonds is 8. The number of unbranched alkanes of at least 4 members (excludes halogenated alkanes) is 1. The molecule has 15 heavy (non-hydrogen) atoms. The van der Waals surface area contributed by atoms with Crippen molar-refractivity contribution in [1.82, 2.24) is 4.90 Å². The predicted molar refractivity (Wildman–Crippen MR) is 62.1 cm³/mol. The number of carboxylic acids is 1. The van der Waals surface area contributed by atoms with Gasteiger partial charge in [0.15, 0.2) is 0 Å². The molecule has 0 aromatic carbocycles. The zero-order chi connectivity index (χ0) is 11.7. The Morgan fingerprint density at radius 3 is 2.53 bits per heavy atom. The maximum absolute atomic E-state index is 11.4. The van der Waals surface area contributed by atoms with Crippen molar-refractivity contribution in [3.63, 3.8) is 0 Å². The molecule has 0 saturated carbocycles. The summed E-state index contributed by atoms with van der Waals surface area (Å²) in [7, 11) is 1.52. The van der Waals surface area contributed by atoms with Gasteiger partial charge in [0.25, 0.3) is 0 Å². The van der Waals surface area contributed by atoms with E-state index < -0.39 is 5.97 Å². The second-order valence-electron chi connectivity index (χ2n) is 3.36. The molecule has 0 radical (unpaired) electrons. The first-order chi connectivity index (χ1) is 7.07. The third kappa shape index (κ3) is 8.30. The van der Waals surface area contributed by atoms with Gasteiger partial charge in [-0.2, -0.15) is 11.8 Å². The van der Waals surface area contributed by atoms with Crippen LogP contribution in [-0.4, -0.2) is 47.0 Å². The summed E-state index contributed by atoms with van der Waals surface area (Å²) in [6.07, 6.45) is 2.77. The van der Waals surface area contributed by atoms with Crippen molar-refractivity contribution in [2.45, 2.75) is 26.2 Å². The molecule has 1 amide bonds. The molecule has 0 fully saturated rings. The Bertz CT molecular complexity index is 209. The Morgan fingerprint density at radius 2 is 2.00 bits per heavy atom. The van der Waals surface area contributed by atoms with Crippen LogP contribution >= 0.6 is 11.8 Å². The number of thioether (sulfide) groups is 1. The molecule has 0 spiro atoms. The molecule has 0 aromatic rings. The molecule has 0 aliphatic rings. The lowest BCUT2D eigenvalue weighted by atomic mass is 10.4. The zero-order valence-corrected chi connectivity index (χ0v) is 10.2. The van der Waals surface area contributed by atoms with E-state index in [1.54, 1.807) is 11.8 Å². The summed E-state index contributed by atoms with van der Waals surface area (Å²) in [5, 5.41) is 8.48. The molecule has 0 aliphatic carbocycles. The average Bonchev–Trinajstić information content (AvgIpc) is 2.16. The number of carboxylic acid groups (broad SMARTS) is 1. The number of likely N-dealkylation sites (N-methyl/N-ethyl adjacent to an activating group) is 1. The van der Waals surface area contributed by atoms with Crippen molar-refractivity contribution in [3.8, 4) is 0 Å². The van der Waals surface area contributed by atoms with Crippen LogP contribution in [-0.2, 0) is 9.59 Å². The van der Waals surface area contributed by atoms with Crippen molar-refractivity contribution in [2.75, 3.05) is 25.1 Å². The lowest BCUT2D eigenvalue weighted by molar-refractivity contribution is -0.143. The summed E-state index contributed by atoms with van der Waals surface area (Å²) in [6.45, 7) is 1.92. The Morgan fingerprint density at radius 1 is 1.33 bits per heavy atom. The highest BCUT2D eigenvalue weighted by Crippen LogP contribution is 2.06. The second-order valence-corrected chi connectivity index (χ2v) is 4.58. The number of amides is 1. The highest BCUT2D eigenvalue weighted by atomic mass is 32.2. The summed E-state index contributed by atoms with van der Waals surface area (Å²) >= 11 is 1.75. The molecule has 4 nitrogen and oxygen atoms in total. The average molecular weight is 233 g/mol. The van der Waals surface area contributed by atoms with Crippen molar-refractivity contribution in [2.24, 2.45) is 0 Å². The fourth-order valence-electron chi connectivity index (χ4n) is 0.990. The summed E-state index contributed by atoms with van der Waals surface area (Å²) in [5.74, 6) is 0.792. The third-order valence-electron chi connectivity index (χ3n) is 1.90. The maximum Gasteiger partial charge on any atom is 0.323 e. The van der Waals surface area contributed by atoms with Crippen molar-refractivity contribution < 1.29 is 14.7 Å². The molecule has 1 N–H and O–H groups in total. The molecule has 5 heteroatoms. The molecule has 0 aromatic heterocycles. The van der Waals surface area contributed by atoms with Crippen LogP contribution < -0.4 is 0 Å². The molecule has 0 saturated heterocycles. The van der Waals surface area contributed by atoms with E-state index in [-0.39, 0.29) is 12.5 Å². The van der Waals surface area contributed by atoms with Crippen LogP contribution in [0, 0.1) is 0 Å². The Hall–Kier alpha value is -0.710. The smallest absolute Gasteiger partial charge is 0.323 e. The largest absolute Gasteiger partial charge is 0.480 e. The molecule has 88 valence electrons. The molecule has 0 rings (SSSR count). The first kappa shape index (κ1) is 14.3. The first-order valence-corrected chi connectivity index (χ1v) is 6.27. The van der Waals surface area contributed by atoms with Crippen molar-refractivity contribution >= 4 is 23.6 Å². The first-order valence-electron chi connectivity index (χ1n) is 5.11. The van der Waals surface area contributed by atoms with Gasteiger partial charge in [-0.1, -0.05) is 13.3 Å². The highest BCUT2D eigenvalue weighted by molar-refractivity contribution is 7.99. The number of nitrogens with zero attached hydrogens (tertiary/aromatic N) is 1. The van der Waals surface area contributed by atoms with Crippen LogP contribution in [0.4, 0.5) is 0 Å². The highest BCUT2D eigenvalue weighted by Gasteiger charge is 2.10. The second kappa shape index (κ2) is 8.59. The van der Waals surface area contributed by atoms with Gasteiger partial charge in [-0.15, -0.1) is 0 Å². The van der Waals surface area contributed by atoms with Gasteiger partial charge in [-0.25, -0.2) is 0 Å². The number of hydrogen-bond acceptors (Lipinski definition) is 3. The molecule has 0 bridgehead atoms. The predicted octanol–water partition coefficient (Wildman–Crippen LogP) is 1.45. The van der Waals surface area contributed by atoms with E-state index in [0.717, 1.165) is 11.5 Å². The fraction of sp³-hybridized carbons (Fsp3) is 0.800. The van der Waals surface area contributed by atoms with Crippen molar-refractivity contribution in [1.29, 1.82) is 0 Å². The van der Waals surface area contributed by atoms with Gasteiger partial charge in [0.2, 0.25) is 5.91 Å². The Labute approximate surface area is 95.0 Å². The van der Waals surface area contributed by atoms with Gasteiger partial charge in [0.1, 0.15) is 6.54 Å². The van der Waals surface area contributed by atoms with E-state index in [4.69, 9.17) is 5.11 Å². The third-order valence-corrected chi connectivity index (χ3v) is 2.97. The summed E-state index contributed by atoms with van der Waals surface area (Å²) in [6, 6.07) is 0. The quantitative estimate of drug-likeness (QED) is 0.645. The van der Waals surface area contributed by atoms with E-state index >= 15 is 0 Å². The van der Waals surface area contributed by atoms with Crippen LogP contribution in [0.25, 0.3) is 0 Å². The maximum atomic E-state index is 11.4. The lowest BCUT2D eigenvalue weighted by Gasteiger charge is -2.13. The minimum Gasteiger partial charge on any atom is -0.480 e. The molecular weight excluding hydrogens is 214 g/mol. The lowest BCUT2D eigenvalue weighted by Crippen LogP contribution is -2.32. The van der Waals surface area contributed by atoms with E-state index in [1.165, 1.54) is 24.8 Å². The summed E-state index contributed by atoms with van der Waals surface area (Å²) in [5.41, 5.74) is 0. The summed E-state index contributed by atoms with van der Waals surface area (Å²) < 4.78 is 0. The fourth-order valence-corrected chi connectivity index (χ4v) is 2.01. The number of hydrogen-bond donors (Lipinski definition) is 1. The van der Waals surface area contributed by atoms with Crippen LogP contribution in [0.3, 0.4) is 0 Å². The minimum atomic E-state index is -0.968.